The van der Waals surface area contributed by atoms with Crippen molar-refractivity contribution in [2.24, 2.45) is 0 Å². The van der Waals surface area contributed by atoms with Gasteiger partial charge >= 0.3 is 0 Å². The predicted octanol–water partition coefficient (Wildman–Crippen LogP) is 2.82. The van der Waals surface area contributed by atoms with Crippen LogP contribution < -0.4 is 15.5 Å². The first-order chi connectivity index (χ1) is 8.85. The van der Waals surface area contributed by atoms with E-state index in [0.717, 1.165) is 19.6 Å². The monoisotopic (exact) mass is 245 g/mol. The maximum Gasteiger partial charge on any atom is 0.0429 e. The van der Waals surface area contributed by atoms with Crippen molar-refractivity contribution in [3.63, 3.8) is 0 Å². The van der Waals surface area contributed by atoms with Gasteiger partial charge in [0.2, 0.25) is 0 Å². The molecular weight excluding hydrogens is 222 g/mol. The maximum atomic E-state index is 3.38. The summed E-state index contributed by atoms with van der Waals surface area (Å²) in [7, 11) is 1.96. The lowest BCUT2D eigenvalue weighted by Gasteiger charge is -2.26. The molecule has 3 nitrogen and oxygen atoms in total. The largest absolute Gasteiger partial charge is 0.388 e. The summed E-state index contributed by atoms with van der Waals surface area (Å²) in [5.74, 6) is 0. The zero-order valence-electron chi connectivity index (χ0n) is 11.4. The molecule has 1 aromatic rings. The second-order valence-corrected chi connectivity index (χ2v) is 4.63. The molecule has 0 spiro atoms. The van der Waals surface area contributed by atoms with E-state index in [9.17, 15) is 0 Å². The van der Waals surface area contributed by atoms with Gasteiger partial charge in [0, 0.05) is 43.8 Å². The molecule has 18 heavy (non-hydrogen) atoms. The third kappa shape index (κ3) is 3.05. The SMILES string of the molecule is CCCCN(C1=CCNC1)c1cccc(NC)c1. The van der Waals surface area contributed by atoms with Crippen molar-refractivity contribution in [1.82, 2.24) is 5.32 Å². The number of nitrogens with one attached hydrogen (secondary N) is 2. The summed E-state index contributed by atoms with van der Waals surface area (Å²) >= 11 is 0. The van der Waals surface area contributed by atoms with Crippen LogP contribution in [0, 0.1) is 0 Å². The van der Waals surface area contributed by atoms with Crippen LogP contribution in [0.2, 0.25) is 0 Å². The summed E-state index contributed by atoms with van der Waals surface area (Å²) < 4.78 is 0. The summed E-state index contributed by atoms with van der Waals surface area (Å²) in [5, 5.41) is 6.58. The lowest BCUT2D eigenvalue weighted by Crippen LogP contribution is -2.26. The summed E-state index contributed by atoms with van der Waals surface area (Å²) in [5.41, 5.74) is 3.85. The number of nitrogens with zero attached hydrogens (tertiary/aromatic N) is 1. The van der Waals surface area contributed by atoms with Crippen molar-refractivity contribution >= 4 is 11.4 Å². The highest BCUT2D eigenvalue weighted by Gasteiger charge is 2.14. The van der Waals surface area contributed by atoms with Crippen LogP contribution in [0.15, 0.2) is 36.0 Å². The standard InChI is InChI=1S/C15H23N3/c1-3-4-10-18(15-8-9-17-12-15)14-7-5-6-13(11-14)16-2/h5-8,11,16-17H,3-4,9-10,12H2,1-2H3. The minimum Gasteiger partial charge on any atom is -0.388 e. The number of benzene rings is 1. The summed E-state index contributed by atoms with van der Waals surface area (Å²) in [4.78, 5) is 2.43. The lowest BCUT2D eigenvalue weighted by molar-refractivity contribution is 0.750. The van der Waals surface area contributed by atoms with Crippen LogP contribution in [0.5, 0.6) is 0 Å². The molecule has 1 aliphatic rings. The van der Waals surface area contributed by atoms with Gasteiger partial charge in [0.05, 0.1) is 0 Å². The highest BCUT2D eigenvalue weighted by molar-refractivity contribution is 5.61. The Hall–Kier alpha value is -1.48. The fraction of sp³-hybridized carbons (Fsp3) is 0.467. The molecule has 0 unspecified atom stereocenters. The molecule has 0 amide bonds. The van der Waals surface area contributed by atoms with Crippen LogP contribution in [0.4, 0.5) is 11.4 Å². The van der Waals surface area contributed by atoms with Crippen LogP contribution >= 0.6 is 0 Å². The lowest BCUT2D eigenvalue weighted by atomic mass is 10.2. The average Bonchev–Trinajstić information content (AvgIpc) is 2.93. The first kappa shape index (κ1) is 13.0. The number of hydrogen-bond donors (Lipinski definition) is 2. The minimum absolute atomic E-state index is 0.980. The van der Waals surface area contributed by atoms with Crippen LogP contribution in [0.1, 0.15) is 19.8 Å². The van der Waals surface area contributed by atoms with E-state index in [0.29, 0.717) is 0 Å². The maximum absolute atomic E-state index is 3.38. The van der Waals surface area contributed by atoms with Gasteiger partial charge in [-0.25, -0.2) is 0 Å². The van der Waals surface area contributed by atoms with Gasteiger partial charge in [-0.15, -0.1) is 0 Å². The van der Waals surface area contributed by atoms with Gasteiger partial charge in [-0.05, 0) is 30.7 Å². The van der Waals surface area contributed by atoms with Crippen molar-refractivity contribution in [3.05, 3.63) is 36.0 Å². The molecule has 2 N–H and O–H groups in total. The van der Waals surface area contributed by atoms with Gasteiger partial charge in [-0.1, -0.05) is 19.4 Å². The quantitative estimate of drug-likeness (QED) is 0.807. The Bertz CT molecular complexity index is 412. The normalized spacial score (nSPS) is 14.4. The molecule has 0 aliphatic carbocycles. The van der Waals surface area contributed by atoms with Gasteiger partial charge in [-0.3, -0.25) is 0 Å². The van der Waals surface area contributed by atoms with E-state index >= 15 is 0 Å². The van der Waals surface area contributed by atoms with E-state index < -0.39 is 0 Å². The van der Waals surface area contributed by atoms with Crippen LogP contribution in [-0.4, -0.2) is 26.7 Å². The summed E-state index contributed by atoms with van der Waals surface area (Å²) in [6, 6.07) is 8.62. The molecule has 0 aromatic heterocycles. The third-order valence-electron chi connectivity index (χ3n) is 3.32. The topological polar surface area (TPSA) is 27.3 Å². The van der Waals surface area contributed by atoms with E-state index in [1.165, 1.54) is 29.9 Å². The van der Waals surface area contributed by atoms with Gasteiger partial charge in [0.1, 0.15) is 0 Å². The van der Waals surface area contributed by atoms with Gasteiger partial charge in [0.25, 0.3) is 0 Å². The Balaban J connectivity index is 2.20. The molecule has 1 aromatic carbocycles. The van der Waals surface area contributed by atoms with E-state index in [2.05, 4.69) is 52.8 Å². The van der Waals surface area contributed by atoms with E-state index in [1.54, 1.807) is 0 Å². The summed E-state index contributed by atoms with van der Waals surface area (Å²) in [6.07, 6.45) is 4.74. The van der Waals surface area contributed by atoms with Crippen molar-refractivity contribution in [3.8, 4) is 0 Å². The van der Waals surface area contributed by atoms with Crippen molar-refractivity contribution in [1.29, 1.82) is 0 Å². The highest BCUT2D eigenvalue weighted by Crippen LogP contribution is 2.24. The summed E-state index contributed by atoms with van der Waals surface area (Å²) in [6.45, 7) is 5.30. The fourth-order valence-corrected chi connectivity index (χ4v) is 2.25. The van der Waals surface area contributed by atoms with Crippen molar-refractivity contribution in [2.45, 2.75) is 19.8 Å². The fourth-order valence-electron chi connectivity index (χ4n) is 2.25. The Morgan fingerprint density at radius 3 is 2.94 bits per heavy atom. The Labute approximate surface area is 110 Å². The molecule has 0 fully saturated rings. The van der Waals surface area contributed by atoms with Crippen LogP contribution in [0.25, 0.3) is 0 Å². The second kappa shape index (κ2) is 6.45. The Morgan fingerprint density at radius 1 is 1.39 bits per heavy atom. The molecule has 0 atom stereocenters. The third-order valence-corrected chi connectivity index (χ3v) is 3.32. The van der Waals surface area contributed by atoms with Crippen LogP contribution in [-0.2, 0) is 0 Å². The van der Waals surface area contributed by atoms with Gasteiger partial charge in [0.15, 0.2) is 0 Å². The molecular formula is C15H23N3. The minimum atomic E-state index is 0.980. The average molecular weight is 245 g/mol. The molecule has 0 saturated heterocycles. The smallest absolute Gasteiger partial charge is 0.0429 e. The molecule has 0 saturated carbocycles. The van der Waals surface area contributed by atoms with E-state index in [1.807, 2.05) is 7.05 Å². The number of anilines is 2. The second-order valence-electron chi connectivity index (χ2n) is 4.63. The van der Waals surface area contributed by atoms with Crippen molar-refractivity contribution < 1.29 is 0 Å². The molecule has 2 rings (SSSR count). The molecule has 3 heteroatoms. The van der Waals surface area contributed by atoms with Gasteiger partial charge < -0.3 is 15.5 Å². The first-order valence-electron chi connectivity index (χ1n) is 6.80. The molecule has 98 valence electrons. The number of unbranched alkanes of at least 4 members (excludes halogenated alkanes) is 1. The van der Waals surface area contributed by atoms with Crippen LogP contribution in [0.3, 0.4) is 0 Å². The highest BCUT2D eigenvalue weighted by atomic mass is 15.2. The first-order valence-corrected chi connectivity index (χ1v) is 6.80. The molecule has 1 heterocycles. The molecule has 0 radical (unpaired) electrons. The zero-order valence-corrected chi connectivity index (χ0v) is 11.4. The molecule has 0 bridgehead atoms. The molecule has 1 aliphatic heterocycles. The Morgan fingerprint density at radius 2 is 2.28 bits per heavy atom. The van der Waals surface area contributed by atoms with E-state index in [-0.39, 0.29) is 0 Å². The van der Waals surface area contributed by atoms with E-state index in [4.69, 9.17) is 0 Å². The number of hydrogen-bond acceptors (Lipinski definition) is 3. The van der Waals surface area contributed by atoms with Crippen molar-refractivity contribution in [2.75, 3.05) is 36.9 Å². The predicted molar refractivity (Wildman–Crippen MR) is 79.2 cm³/mol. The zero-order chi connectivity index (χ0) is 12.8. The van der Waals surface area contributed by atoms with Gasteiger partial charge in [-0.2, -0.15) is 0 Å². The number of rotatable bonds is 6. The Kier molecular flexibility index (Phi) is 4.65.